The molecule has 0 saturated carbocycles. The summed E-state index contributed by atoms with van der Waals surface area (Å²) < 4.78 is 6.98. The molecule has 0 saturated heterocycles. The molecule has 2 heterocycles. The molecule has 0 radical (unpaired) electrons. The minimum atomic E-state index is -0.317. The summed E-state index contributed by atoms with van der Waals surface area (Å²) in [6.45, 7) is 1.88. The monoisotopic (exact) mass is 251 g/mol. The molecule has 2 aromatic heterocycles. The lowest BCUT2D eigenvalue weighted by Gasteiger charge is -2.11. The Morgan fingerprint density at radius 2 is 2.41 bits per heavy atom. The van der Waals surface area contributed by atoms with Crippen LogP contribution >= 0.6 is 11.8 Å². The van der Waals surface area contributed by atoms with Crippen molar-refractivity contribution in [1.29, 1.82) is 0 Å². The number of aromatic nitrogens is 3. The molecule has 0 N–H and O–H groups in total. The molecule has 2 rings (SSSR count). The molecule has 0 bridgehead atoms. The van der Waals surface area contributed by atoms with E-state index in [1.54, 1.807) is 40.8 Å². The Labute approximate surface area is 103 Å². The number of thioether (sulfide) groups is 1. The SMILES string of the molecule is CSCC(C)OC(=O)c1ccc2nncn2c1. The first-order valence-electron chi connectivity index (χ1n) is 5.20. The van der Waals surface area contributed by atoms with Crippen LogP contribution < -0.4 is 0 Å². The highest BCUT2D eigenvalue weighted by molar-refractivity contribution is 7.98. The summed E-state index contributed by atoms with van der Waals surface area (Å²) >= 11 is 1.65. The summed E-state index contributed by atoms with van der Waals surface area (Å²) in [6.07, 6.45) is 5.11. The molecule has 0 aromatic carbocycles. The third-order valence-electron chi connectivity index (χ3n) is 2.24. The van der Waals surface area contributed by atoms with E-state index in [1.165, 1.54) is 0 Å². The molecule has 2 aromatic rings. The van der Waals surface area contributed by atoms with Crippen molar-refractivity contribution in [2.75, 3.05) is 12.0 Å². The molecule has 0 aliphatic heterocycles. The van der Waals surface area contributed by atoms with Crippen LogP contribution in [0.5, 0.6) is 0 Å². The maximum Gasteiger partial charge on any atom is 0.339 e. The summed E-state index contributed by atoms with van der Waals surface area (Å²) in [7, 11) is 0. The summed E-state index contributed by atoms with van der Waals surface area (Å²) in [6, 6.07) is 3.43. The van der Waals surface area contributed by atoms with Gasteiger partial charge >= 0.3 is 5.97 Å². The van der Waals surface area contributed by atoms with E-state index in [-0.39, 0.29) is 12.1 Å². The number of ether oxygens (including phenoxy) is 1. The van der Waals surface area contributed by atoms with Crippen molar-refractivity contribution in [3.05, 3.63) is 30.2 Å². The Kier molecular flexibility index (Phi) is 3.63. The van der Waals surface area contributed by atoms with E-state index in [2.05, 4.69) is 10.2 Å². The number of carbonyl (C=O) groups is 1. The van der Waals surface area contributed by atoms with Crippen LogP contribution in [0.25, 0.3) is 5.65 Å². The van der Waals surface area contributed by atoms with Crippen LogP contribution in [0.3, 0.4) is 0 Å². The van der Waals surface area contributed by atoms with E-state index in [9.17, 15) is 4.79 Å². The van der Waals surface area contributed by atoms with Crippen LogP contribution in [0, 0.1) is 0 Å². The van der Waals surface area contributed by atoms with Crippen molar-refractivity contribution in [2.45, 2.75) is 13.0 Å². The minimum absolute atomic E-state index is 0.0888. The van der Waals surface area contributed by atoms with E-state index in [0.29, 0.717) is 11.2 Å². The lowest BCUT2D eigenvalue weighted by molar-refractivity contribution is 0.0385. The molecule has 0 aliphatic carbocycles. The molecule has 6 heteroatoms. The van der Waals surface area contributed by atoms with E-state index < -0.39 is 0 Å². The van der Waals surface area contributed by atoms with Gasteiger partial charge in [-0.05, 0) is 25.3 Å². The van der Waals surface area contributed by atoms with Crippen molar-refractivity contribution in [3.8, 4) is 0 Å². The van der Waals surface area contributed by atoms with E-state index in [4.69, 9.17) is 4.74 Å². The Balaban J connectivity index is 2.13. The lowest BCUT2D eigenvalue weighted by Crippen LogP contribution is -2.17. The van der Waals surface area contributed by atoms with Gasteiger partial charge in [-0.15, -0.1) is 10.2 Å². The highest BCUT2D eigenvalue weighted by Gasteiger charge is 2.12. The zero-order chi connectivity index (χ0) is 12.3. The first kappa shape index (κ1) is 11.9. The number of hydrogen-bond donors (Lipinski definition) is 0. The van der Waals surface area contributed by atoms with E-state index in [0.717, 1.165) is 5.75 Å². The molecule has 0 aliphatic rings. The van der Waals surface area contributed by atoms with Crippen molar-refractivity contribution in [1.82, 2.24) is 14.6 Å². The van der Waals surface area contributed by atoms with Gasteiger partial charge < -0.3 is 4.74 Å². The molecular formula is C11H13N3O2S. The van der Waals surface area contributed by atoms with Gasteiger partial charge in [-0.1, -0.05) is 0 Å². The fraction of sp³-hybridized carbons (Fsp3) is 0.364. The molecule has 17 heavy (non-hydrogen) atoms. The number of nitrogens with zero attached hydrogens (tertiary/aromatic N) is 3. The summed E-state index contributed by atoms with van der Waals surface area (Å²) in [4.78, 5) is 11.8. The second kappa shape index (κ2) is 5.18. The highest BCUT2D eigenvalue weighted by atomic mass is 32.2. The van der Waals surface area contributed by atoms with Crippen molar-refractivity contribution in [3.63, 3.8) is 0 Å². The number of esters is 1. The quantitative estimate of drug-likeness (QED) is 0.773. The van der Waals surface area contributed by atoms with Gasteiger partial charge in [-0.2, -0.15) is 11.8 Å². The zero-order valence-corrected chi connectivity index (χ0v) is 10.5. The van der Waals surface area contributed by atoms with Crippen molar-refractivity contribution >= 4 is 23.4 Å². The summed E-state index contributed by atoms with van der Waals surface area (Å²) in [5, 5.41) is 7.62. The number of pyridine rings is 1. The zero-order valence-electron chi connectivity index (χ0n) is 9.66. The van der Waals surface area contributed by atoms with Gasteiger partial charge in [0.1, 0.15) is 12.4 Å². The topological polar surface area (TPSA) is 56.5 Å². The lowest BCUT2D eigenvalue weighted by atomic mass is 10.3. The number of rotatable bonds is 4. The van der Waals surface area contributed by atoms with Crippen molar-refractivity contribution < 1.29 is 9.53 Å². The van der Waals surface area contributed by atoms with Gasteiger partial charge in [0.2, 0.25) is 0 Å². The number of hydrogen-bond acceptors (Lipinski definition) is 5. The van der Waals surface area contributed by atoms with Gasteiger partial charge in [0.25, 0.3) is 0 Å². The first-order chi connectivity index (χ1) is 8.20. The largest absolute Gasteiger partial charge is 0.458 e. The van der Waals surface area contributed by atoms with Gasteiger partial charge in [0.15, 0.2) is 5.65 Å². The molecule has 0 spiro atoms. The fourth-order valence-electron chi connectivity index (χ4n) is 1.47. The maximum atomic E-state index is 11.8. The maximum absolute atomic E-state index is 11.8. The van der Waals surface area contributed by atoms with Crippen LogP contribution in [0.1, 0.15) is 17.3 Å². The van der Waals surface area contributed by atoms with Crippen LogP contribution in [0.2, 0.25) is 0 Å². The van der Waals surface area contributed by atoms with Crippen LogP contribution in [0.15, 0.2) is 24.7 Å². The molecule has 1 unspecified atom stereocenters. The normalized spacial score (nSPS) is 12.6. The second-order valence-corrected chi connectivity index (χ2v) is 4.60. The average molecular weight is 251 g/mol. The Hall–Kier alpha value is -1.56. The minimum Gasteiger partial charge on any atom is -0.458 e. The standard InChI is InChI=1S/C11H13N3O2S/c1-8(6-17-2)16-11(15)9-3-4-10-13-12-7-14(10)5-9/h3-5,7-8H,6H2,1-2H3. The van der Waals surface area contributed by atoms with E-state index >= 15 is 0 Å². The first-order valence-corrected chi connectivity index (χ1v) is 6.59. The molecule has 0 fully saturated rings. The molecule has 0 amide bonds. The Bertz CT molecular complexity index is 526. The van der Waals surface area contributed by atoms with Crippen LogP contribution in [-0.2, 0) is 4.74 Å². The smallest absolute Gasteiger partial charge is 0.339 e. The van der Waals surface area contributed by atoms with Crippen LogP contribution in [-0.4, -0.2) is 38.7 Å². The Morgan fingerprint density at radius 1 is 1.59 bits per heavy atom. The summed E-state index contributed by atoms with van der Waals surface area (Å²) in [5.74, 6) is 0.475. The predicted molar refractivity (Wildman–Crippen MR) is 66.2 cm³/mol. The fourth-order valence-corrected chi connectivity index (χ4v) is 2.01. The average Bonchev–Trinajstić information content (AvgIpc) is 2.75. The molecule has 90 valence electrons. The van der Waals surface area contributed by atoms with Gasteiger partial charge in [0, 0.05) is 11.9 Å². The second-order valence-electron chi connectivity index (χ2n) is 3.69. The predicted octanol–water partition coefficient (Wildman–Crippen LogP) is 1.64. The number of carbonyl (C=O) groups excluding carboxylic acids is 1. The third kappa shape index (κ3) is 2.76. The van der Waals surface area contributed by atoms with Crippen molar-refractivity contribution in [2.24, 2.45) is 0 Å². The molecular weight excluding hydrogens is 238 g/mol. The van der Waals surface area contributed by atoms with Gasteiger partial charge in [-0.25, -0.2) is 4.79 Å². The van der Waals surface area contributed by atoms with Gasteiger partial charge in [0.05, 0.1) is 5.56 Å². The van der Waals surface area contributed by atoms with Gasteiger partial charge in [-0.3, -0.25) is 4.40 Å². The summed E-state index contributed by atoms with van der Waals surface area (Å²) in [5.41, 5.74) is 1.21. The third-order valence-corrected chi connectivity index (χ3v) is 3.04. The Morgan fingerprint density at radius 3 is 3.18 bits per heavy atom. The highest BCUT2D eigenvalue weighted by Crippen LogP contribution is 2.08. The molecule has 5 nitrogen and oxygen atoms in total. The number of fused-ring (bicyclic) bond motifs is 1. The van der Waals surface area contributed by atoms with E-state index in [1.807, 2.05) is 13.2 Å². The molecule has 1 atom stereocenters. The van der Waals surface area contributed by atoms with Crippen LogP contribution in [0.4, 0.5) is 0 Å².